The van der Waals surface area contributed by atoms with E-state index in [-0.39, 0.29) is 42.1 Å². The first-order valence-electron chi connectivity index (χ1n) is 22.6. The second-order valence-corrected chi connectivity index (χ2v) is 24.6. The van der Waals surface area contributed by atoms with Crippen LogP contribution in [0.2, 0.25) is 12.1 Å². The third-order valence-corrected chi connectivity index (χ3v) is 22.9. The first kappa shape index (κ1) is 46.7. The van der Waals surface area contributed by atoms with Gasteiger partial charge in [-0.05, 0) is 56.2 Å². The Kier molecular flexibility index (Phi) is 14.1. The Morgan fingerprint density at radius 3 is 1.42 bits per heavy atom. The number of nitrogens with zero attached hydrogens (tertiary/aromatic N) is 4. The van der Waals surface area contributed by atoms with E-state index in [1.165, 1.54) is 106 Å². The Morgan fingerprint density at radius 1 is 0.569 bits per heavy atom. The van der Waals surface area contributed by atoms with E-state index in [1.54, 1.807) is 10.4 Å². The summed E-state index contributed by atoms with van der Waals surface area (Å²) in [6.07, 6.45) is 10.0. The molecule has 0 spiro atoms. The molecule has 2 atom stereocenters. The molecule has 0 fully saturated rings. The van der Waals surface area contributed by atoms with E-state index < -0.39 is 8.07 Å². The van der Waals surface area contributed by atoms with Crippen LogP contribution in [0.3, 0.4) is 0 Å². The predicted molar refractivity (Wildman–Crippen MR) is 270 cm³/mol. The monoisotopic (exact) mass is 1280 g/mol. The van der Waals surface area contributed by atoms with Crippen LogP contribution in [0.15, 0.2) is 93.8 Å². The van der Waals surface area contributed by atoms with Crippen molar-refractivity contribution in [2.45, 2.75) is 91.1 Å². The Balaban J connectivity index is 0.00000266. The Bertz CT molecular complexity index is 2990. The summed E-state index contributed by atoms with van der Waals surface area (Å²) in [5.74, 6) is 2.92. The molecule has 0 amide bonds. The number of fused-ring (bicyclic) bond motifs is 7. The van der Waals surface area contributed by atoms with Gasteiger partial charge < -0.3 is 8.83 Å². The van der Waals surface area contributed by atoms with Crippen molar-refractivity contribution in [3.05, 3.63) is 97.1 Å². The van der Waals surface area contributed by atoms with Gasteiger partial charge in [0.15, 0.2) is 0 Å². The first-order chi connectivity index (χ1) is 31.0. The molecule has 65 heavy (non-hydrogen) atoms. The van der Waals surface area contributed by atoms with Gasteiger partial charge in [0, 0.05) is 84.7 Å². The summed E-state index contributed by atoms with van der Waals surface area (Å²) >= 11 is 6.46. The number of hydrogen-bond acceptors (Lipinski definition) is 10. The van der Waals surface area contributed by atoms with Crippen LogP contribution in [0.5, 0.6) is 0 Å². The molecule has 330 valence electrons. The van der Waals surface area contributed by atoms with Gasteiger partial charge in [0.1, 0.15) is 19.2 Å². The number of thiophene rings is 2. The Morgan fingerprint density at radius 2 is 1.00 bits per heavy atom. The zero-order chi connectivity index (χ0) is 42.7. The molecule has 10 aromatic rings. The van der Waals surface area contributed by atoms with Gasteiger partial charge in [0.25, 0.3) is 0 Å². The summed E-state index contributed by atoms with van der Waals surface area (Å²) in [6, 6.07) is 39.9. The number of aromatic nitrogens is 4. The average Bonchev–Trinajstić information content (AvgIpc) is 4.17. The standard InChI is InChI=1S/C52H48N4O2S4Si.2W/c1-5-9-15-31(7-3)29-63(30-32(8-4)16-10-6-2)45-27-43(37-23-21-35(47-49(37)55-61-53-47)41-25-33-17-11-13-19-39(33)57-41)59-51(45)52-46(63)28-44(60-52)38-24-22-36(48-50(38)56-62-54-48)42-26-34-18-12-14-20-40(34)58-42;;/h11-14,17-20,23-28,31-32H,5-10,15-16,29-30H2,1-4H3;;/q-2;;. The zero-order valence-electron chi connectivity index (χ0n) is 36.9. The molecule has 2 unspecified atom stereocenters. The molecule has 11 rings (SSSR count). The van der Waals surface area contributed by atoms with Gasteiger partial charge >= 0.3 is 0 Å². The van der Waals surface area contributed by atoms with Crippen molar-refractivity contribution < 1.29 is 51.0 Å². The molecule has 0 saturated carbocycles. The van der Waals surface area contributed by atoms with E-state index in [9.17, 15) is 0 Å². The molecule has 0 saturated heterocycles. The van der Waals surface area contributed by atoms with E-state index >= 15 is 0 Å². The van der Waals surface area contributed by atoms with Gasteiger partial charge in [-0.3, -0.25) is 0 Å². The summed E-state index contributed by atoms with van der Waals surface area (Å²) in [5.41, 5.74) is 9.25. The van der Waals surface area contributed by atoms with Crippen molar-refractivity contribution in [3.63, 3.8) is 0 Å². The van der Waals surface area contributed by atoms with Crippen LogP contribution in [0, 0.1) is 24.0 Å². The zero-order valence-corrected chi connectivity index (χ0v) is 47.0. The normalized spacial score (nSPS) is 13.9. The molecule has 0 aliphatic carbocycles. The largest absolute Gasteiger partial charge is 0.500 e. The molecular formula is C52H48N4O2S4SiW2-2. The van der Waals surface area contributed by atoms with Gasteiger partial charge in [0.05, 0.1) is 35.0 Å². The molecule has 0 radical (unpaired) electrons. The predicted octanol–water partition coefficient (Wildman–Crippen LogP) is 15.6. The van der Waals surface area contributed by atoms with Crippen LogP contribution in [-0.2, 0) is 42.1 Å². The fraction of sp³-hybridized carbons (Fsp3) is 0.308. The van der Waals surface area contributed by atoms with Crippen LogP contribution < -0.4 is 10.4 Å². The van der Waals surface area contributed by atoms with Gasteiger partial charge in [0.2, 0.25) is 0 Å². The second kappa shape index (κ2) is 19.7. The molecule has 0 bridgehead atoms. The fourth-order valence-corrected chi connectivity index (χ4v) is 21.8. The van der Waals surface area contributed by atoms with Crippen molar-refractivity contribution in [3.8, 4) is 53.3 Å². The van der Waals surface area contributed by atoms with Crippen molar-refractivity contribution in [1.82, 2.24) is 17.5 Å². The molecule has 0 N–H and O–H groups in total. The van der Waals surface area contributed by atoms with Crippen molar-refractivity contribution in [2.24, 2.45) is 11.8 Å². The molecular weight excluding hydrogens is 1240 g/mol. The first-order valence-corrected chi connectivity index (χ1v) is 28.1. The number of para-hydroxylation sites is 2. The minimum Gasteiger partial charge on any atom is -0.500 e. The maximum Gasteiger partial charge on any atom is 0.122 e. The van der Waals surface area contributed by atoms with E-state index in [4.69, 9.17) is 26.3 Å². The molecule has 1 aliphatic rings. The second-order valence-electron chi connectivity index (χ2n) is 17.4. The number of furan rings is 2. The molecule has 6 aromatic heterocycles. The summed E-state index contributed by atoms with van der Waals surface area (Å²) in [4.78, 5) is 5.46. The quantitative estimate of drug-likeness (QED) is 0.0709. The number of unbranched alkanes of at least 4 members (excludes halogenated alkanes) is 2. The van der Waals surface area contributed by atoms with Gasteiger partial charge in [-0.15, -0.1) is 46.9 Å². The summed E-state index contributed by atoms with van der Waals surface area (Å²) in [6.45, 7) is 9.55. The summed E-state index contributed by atoms with van der Waals surface area (Å²) < 4.78 is 32.4. The molecule has 4 aromatic carbocycles. The van der Waals surface area contributed by atoms with E-state index in [2.05, 4.69) is 88.4 Å². The Labute approximate surface area is 426 Å². The average molecular weight is 1290 g/mol. The van der Waals surface area contributed by atoms with E-state index in [1.807, 2.05) is 59.1 Å². The maximum absolute atomic E-state index is 6.35. The topological polar surface area (TPSA) is 77.8 Å². The van der Waals surface area contributed by atoms with Crippen LogP contribution in [0.1, 0.15) is 79.1 Å². The van der Waals surface area contributed by atoms with Crippen LogP contribution in [0.4, 0.5) is 0 Å². The van der Waals surface area contributed by atoms with Crippen LogP contribution in [-0.4, -0.2) is 25.6 Å². The molecule has 1 aliphatic heterocycles. The number of rotatable bonds is 16. The van der Waals surface area contributed by atoms with Crippen molar-refractivity contribution in [2.75, 3.05) is 0 Å². The number of benzene rings is 4. The summed E-state index contributed by atoms with van der Waals surface area (Å²) in [5, 5.41) is 5.43. The third-order valence-electron chi connectivity index (χ3n) is 13.6. The maximum atomic E-state index is 6.35. The van der Waals surface area contributed by atoms with E-state index in [0.29, 0.717) is 11.8 Å². The summed E-state index contributed by atoms with van der Waals surface area (Å²) in [7, 11) is -2.33. The van der Waals surface area contributed by atoms with Crippen molar-refractivity contribution >= 4 is 109 Å². The third kappa shape index (κ3) is 8.27. The van der Waals surface area contributed by atoms with Gasteiger partial charge in [-0.2, -0.15) is 8.75 Å². The van der Waals surface area contributed by atoms with Gasteiger partial charge in [-0.1, -0.05) is 162 Å². The smallest absolute Gasteiger partial charge is 0.122 e. The van der Waals surface area contributed by atoms with Gasteiger partial charge in [-0.25, -0.2) is 8.75 Å². The van der Waals surface area contributed by atoms with Crippen LogP contribution >= 0.6 is 46.1 Å². The molecule has 7 heterocycles. The molecule has 13 heteroatoms. The number of hydrogen-bond donors (Lipinski definition) is 0. The fourth-order valence-electron chi connectivity index (χ4n) is 10.2. The minimum absolute atomic E-state index is 0. The van der Waals surface area contributed by atoms with E-state index in [0.717, 1.165) is 77.8 Å². The minimum atomic E-state index is -2.33. The van der Waals surface area contributed by atoms with Crippen molar-refractivity contribution in [1.29, 1.82) is 0 Å². The SMILES string of the molecule is CCCCC(CC)C[Si]1(CC(CC)CCCC)c2cc(-c3c[c-]c(-c4cc5ccccc5o4)c4nsnc34)sc2-c2sc(-c3c[c-]c(-c4cc5ccccc5o4)c4nsnc34)cc21.[W].[W]. The van der Waals surface area contributed by atoms with Crippen LogP contribution in [0.25, 0.3) is 97.3 Å². The Hall–Kier alpha value is -3.41. The molecule has 6 nitrogen and oxygen atoms in total.